The SMILES string of the molecule is CCN1CCN(Cc2cc(Br)ccc2O)CC1.O=C(O)C(F)(F)F.O=C(O)C(F)(F)F. The third-order valence-electron chi connectivity index (χ3n) is 3.83. The third-order valence-corrected chi connectivity index (χ3v) is 4.33. The highest BCUT2D eigenvalue weighted by atomic mass is 79.9. The Labute approximate surface area is 182 Å². The lowest BCUT2D eigenvalue weighted by atomic mass is 10.1. The van der Waals surface area contributed by atoms with Crippen LogP contribution in [0.15, 0.2) is 22.7 Å². The highest BCUT2D eigenvalue weighted by molar-refractivity contribution is 9.10. The van der Waals surface area contributed by atoms with Gasteiger partial charge in [0.2, 0.25) is 0 Å². The molecule has 1 aromatic carbocycles. The minimum absolute atomic E-state index is 0.395. The van der Waals surface area contributed by atoms with Gasteiger partial charge in [0, 0.05) is 42.8 Å². The molecule has 1 aromatic rings. The minimum Gasteiger partial charge on any atom is -0.508 e. The number of carbonyl (C=O) groups is 2. The van der Waals surface area contributed by atoms with Crippen LogP contribution in [0, 0.1) is 0 Å². The lowest BCUT2D eigenvalue weighted by Crippen LogP contribution is -2.45. The number of aromatic hydroxyl groups is 1. The standard InChI is InChI=1S/C13H19BrN2O.2C2HF3O2/c1-2-15-5-7-16(8-6-15)10-11-9-12(14)3-4-13(11)17;2*3-2(4,5)1(6)7/h3-4,9,17H,2,5-8,10H2,1H3;2*(H,6,7). The van der Waals surface area contributed by atoms with Crippen LogP contribution in [0.2, 0.25) is 0 Å². The lowest BCUT2D eigenvalue weighted by molar-refractivity contribution is -0.193. The van der Waals surface area contributed by atoms with Crippen molar-refractivity contribution >= 4 is 27.9 Å². The summed E-state index contributed by atoms with van der Waals surface area (Å²) in [5.74, 6) is -5.12. The zero-order valence-corrected chi connectivity index (χ0v) is 17.8. The molecular weight excluding hydrogens is 506 g/mol. The number of hydrogen-bond acceptors (Lipinski definition) is 5. The van der Waals surface area contributed by atoms with Crippen LogP contribution in [0.3, 0.4) is 0 Å². The van der Waals surface area contributed by atoms with Crippen molar-refractivity contribution in [2.75, 3.05) is 32.7 Å². The third kappa shape index (κ3) is 12.4. The Morgan fingerprint density at radius 1 is 0.935 bits per heavy atom. The molecule has 0 amide bonds. The van der Waals surface area contributed by atoms with Crippen LogP contribution in [0.1, 0.15) is 12.5 Å². The molecule has 0 saturated carbocycles. The zero-order valence-electron chi connectivity index (χ0n) is 16.2. The molecular formula is C17H21BrF6N2O5. The Balaban J connectivity index is 0.000000536. The van der Waals surface area contributed by atoms with Crippen molar-refractivity contribution in [3.05, 3.63) is 28.2 Å². The van der Waals surface area contributed by atoms with Crippen LogP contribution in [0.4, 0.5) is 26.3 Å². The molecule has 1 saturated heterocycles. The van der Waals surface area contributed by atoms with Crippen molar-refractivity contribution in [1.29, 1.82) is 0 Å². The number of aliphatic carboxylic acids is 2. The predicted molar refractivity (Wildman–Crippen MR) is 101 cm³/mol. The van der Waals surface area contributed by atoms with Gasteiger partial charge >= 0.3 is 24.3 Å². The monoisotopic (exact) mass is 526 g/mol. The highest BCUT2D eigenvalue weighted by Crippen LogP contribution is 2.23. The van der Waals surface area contributed by atoms with E-state index in [1.807, 2.05) is 12.1 Å². The average Bonchev–Trinajstić information content (AvgIpc) is 2.65. The maximum absolute atomic E-state index is 10.6. The second kappa shape index (κ2) is 12.7. The van der Waals surface area contributed by atoms with Crippen LogP contribution in [-0.4, -0.2) is 82.1 Å². The maximum Gasteiger partial charge on any atom is 0.490 e. The summed E-state index contributed by atoms with van der Waals surface area (Å²) in [6, 6.07) is 5.62. The first-order valence-electron chi connectivity index (χ1n) is 8.60. The normalized spacial score (nSPS) is 15.2. The smallest absolute Gasteiger partial charge is 0.490 e. The second-order valence-electron chi connectivity index (χ2n) is 6.09. The first kappa shape index (κ1) is 28.9. The van der Waals surface area contributed by atoms with Crippen LogP contribution in [-0.2, 0) is 16.1 Å². The van der Waals surface area contributed by atoms with E-state index < -0.39 is 24.3 Å². The van der Waals surface area contributed by atoms with Crippen molar-refractivity contribution in [2.24, 2.45) is 0 Å². The summed E-state index contributed by atoms with van der Waals surface area (Å²) < 4.78 is 64.5. The average molecular weight is 527 g/mol. The van der Waals surface area contributed by atoms with Crippen LogP contribution < -0.4 is 0 Å². The van der Waals surface area contributed by atoms with E-state index in [-0.39, 0.29) is 0 Å². The van der Waals surface area contributed by atoms with Gasteiger partial charge in [-0.1, -0.05) is 22.9 Å². The number of benzene rings is 1. The van der Waals surface area contributed by atoms with Gasteiger partial charge < -0.3 is 20.2 Å². The number of rotatable bonds is 3. The van der Waals surface area contributed by atoms with E-state index >= 15 is 0 Å². The van der Waals surface area contributed by atoms with E-state index in [9.17, 15) is 31.4 Å². The van der Waals surface area contributed by atoms with Crippen LogP contribution in [0.25, 0.3) is 0 Å². The van der Waals surface area contributed by atoms with Gasteiger partial charge in [-0.15, -0.1) is 0 Å². The van der Waals surface area contributed by atoms with Crippen molar-refractivity contribution < 1.29 is 51.3 Å². The molecule has 0 aromatic heterocycles. The molecule has 31 heavy (non-hydrogen) atoms. The summed E-state index contributed by atoms with van der Waals surface area (Å²) in [4.78, 5) is 22.6. The number of carboxylic acids is 2. The topological polar surface area (TPSA) is 101 Å². The number of carboxylic acid groups (broad SMARTS) is 2. The maximum atomic E-state index is 10.6. The van der Waals surface area contributed by atoms with Crippen molar-refractivity contribution in [2.45, 2.75) is 25.8 Å². The lowest BCUT2D eigenvalue weighted by Gasteiger charge is -2.34. The van der Waals surface area contributed by atoms with E-state index in [4.69, 9.17) is 19.8 Å². The Hall–Kier alpha value is -2.06. The minimum atomic E-state index is -5.08. The molecule has 0 spiro atoms. The summed E-state index contributed by atoms with van der Waals surface area (Å²) in [5, 5.41) is 24.1. The second-order valence-corrected chi connectivity index (χ2v) is 7.00. The summed E-state index contributed by atoms with van der Waals surface area (Å²) in [5.41, 5.74) is 1.00. The largest absolute Gasteiger partial charge is 0.508 e. The molecule has 0 aliphatic carbocycles. The molecule has 1 aliphatic heterocycles. The van der Waals surface area contributed by atoms with Crippen LogP contribution in [0.5, 0.6) is 5.75 Å². The molecule has 0 atom stereocenters. The molecule has 1 heterocycles. The number of phenols is 1. The molecule has 0 bridgehead atoms. The van der Waals surface area contributed by atoms with E-state index in [2.05, 4.69) is 32.7 Å². The first-order chi connectivity index (χ1) is 14.1. The summed E-state index contributed by atoms with van der Waals surface area (Å²) >= 11 is 3.44. The summed E-state index contributed by atoms with van der Waals surface area (Å²) in [6.07, 6.45) is -10.2. The molecule has 1 aliphatic rings. The van der Waals surface area contributed by atoms with Gasteiger partial charge in [0.15, 0.2) is 0 Å². The summed E-state index contributed by atoms with van der Waals surface area (Å²) in [7, 11) is 0. The molecule has 0 unspecified atom stereocenters. The Morgan fingerprint density at radius 3 is 1.68 bits per heavy atom. The number of phenolic OH excluding ortho intramolecular Hbond substituents is 1. The van der Waals surface area contributed by atoms with Gasteiger partial charge in [-0.3, -0.25) is 4.90 Å². The fraction of sp³-hybridized carbons (Fsp3) is 0.529. The van der Waals surface area contributed by atoms with E-state index in [1.54, 1.807) is 6.07 Å². The fourth-order valence-corrected chi connectivity index (χ4v) is 2.59. The molecule has 7 nitrogen and oxygen atoms in total. The molecule has 3 N–H and O–H groups in total. The summed E-state index contributed by atoms with van der Waals surface area (Å²) in [6.45, 7) is 8.60. The van der Waals surface area contributed by atoms with Crippen molar-refractivity contribution in [3.63, 3.8) is 0 Å². The van der Waals surface area contributed by atoms with Gasteiger partial charge in [-0.05, 0) is 24.7 Å². The van der Waals surface area contributed by atoms with E-state index in [0.29, 0.717) is 5.75 Å². The van der Waals surface area contributed by atoms with Gasteiger partial charge in [-0.25, -0.2) is 9.59 Å². The Bertz CT molecular complexity index is 698. The molecule has 2 rings (SSSR count). The number of hydrogen-bond donors (Lipinski definition) is 3. The number of alkyl halides is 6. The molecule has 0 radical (unpaired) electrons. The predicted octanol–water partition coefficient (Wildman–Crippen LogP) is 3.56. The molecule has 178 valence electrons. The van der Waals surface area contributed by atoms with Gasteiger partial charge in [0.05, 0.1) is 0 Å². The van der Waals surface area contributed by atoms with Crippen molar-refractivity contribution in [3.8, 4) is 5.75 Å². The number of halogens is 7. The number of nitrogens with zero attached hydrogens (tertiary/aromatic N) is 2. The highest BCUT2D eigenvalue weighted by Gasteiger charge is 2.38. The number of piperazine rings is 1. The van der Waals surface area contributed by atoms with Gasteiger partial charge in [0.25, 0.3) is 0 Å². The molecule has 14 heteroatoms. The Kier molecular flexibility index (Phi) is 11.9. The van der Waals surface area contributed by atoms with Crippen molar-refractivity contribution in [1.82, 2.24) is 9.80 Å². The molecule has 1 fully saturated rings. The first-order valence-corrected chi connectivity index (χ1v) is 9.39. The fourth-order valence-electron chi connectivity index (χ4n) is 2.19. The number of likely N-dealkylation sites (N-methyl/N-ethyl adjacent to an activating group) is 1. The van der Waals surface area contributed by atoms with E-state index in [0.717, 1.165) is 49.3 Å². The van der Waals surface area contributed by atoms with Gasteiger partial charge in [0.1, 0.15) is 5.75 Å². The zero-order chi connectivity index (χ0) is 24.4. The van der Waals surface area contributed by atoms with E-state index in [1.165, 1.54) is 0 Å². The van der Waals surface area contributed by atoms with Crippen LogP contribution >= 0.6 is 15.9 Å². The van der Waals surface area contributed by atoms with Gasteiger partial charge in [-0.2, -0.15) is 26.3 Å². The quantitative estimate of drug-likeness (QED) is 0.517. The Morgan fingerprint density at radius 2 is 1.32 bits per heavy atom.